The number of carbonyl (C=O) groups is 1. The number of rotatable bonds is 6. The van der Waals surface area contributed by atoms with Crippen molar-refractivity contribution >= 4 is 11.6 Å². The fraction of sp³-hybridized carbons (Fsp3) is 0.391. The Bertz CT molecular complexity index is 773. The average molecular weight is 364 g/mol. The van der Waals surface area contributed by atoms with Gasteiger partial charge in [0.2, 0.25) is 0 Å². The minimum absolute atomic E-state index is 0.226. The van der Waals surface area contributed by atoms with E-state index in [4.69, 9.17) is 4.74 Å². The summed E-state index contributed by atoms with van der Waals surface area (Å²) in [7, 11) is 0. The zero-order chi connectivity index (χ0) is 19.1. The van der Waals surface area contributed by atoms with Crippen LogP contribution in [0.3, 0.4) is 0 Å². The molecule has 1 aliphatic carbocycles. The number of nitrogens with zero attached hydrogens (tertiary/aromatic N) is 1. The molecule has 1 aliphatic rings. The molecule has 3 rings (SSSR count). The lowest BCUT2D eigenvalue weighted by Gasteiger charge is -2.22. The first kappa shape index (κ1) is 19.2. The van der Waals surface area contributed by atoms with E-state index in [9.17, 15) is 4.79 Å². The Balaban J connectivity index is 1.60. The number of hydrazone groups is 1. The number of hydrogen-bond donors (Lipinski definition) is 1. The molecule has 1 N–H and O–H groups in total. The maximum absolute atomic E-state index is 12.3. The van der Waals surface area contributed by atoms with E-state index in [2.05, 4.69) is 34.8 Å². The van der Waals surface area contributed by atoms with Gasteiger partial charge in [0.25, 0.3) is 5.91 Å². The molecule has 142 valence electrons. The third kappa shape index (κ3) is 5.19. The number of carbonyl (C=O) groups excluding carboxylic acids is 1. The van der Waals surface area contributed by atoms with Crippen LogP contribution >= 0.6 is 0 Å². The first-order valence-corrected chi connectivity index (χ1v) is 9.85. The van der Waals surface area contributed by atoms with E-state index >= 15 is 0 Å². The summed E-state index contributed by atoms with van der Waals surface area (Å²) in [6, 6.07) is 15.7. The summed E-state index contributed by atoms with van der Waals surface area (Å²) in [5.41, 5.74) is 6.44. The van der Waals surface area contributed by atoms with E-state index in [1.54, 1.807) is 24.3 Å². The van der Waals surface area contributed by atoms with Gasteiger partial charge in [-0.05, 0) is 68.0 Å². The van der Waals surface area contributed by atoms with Crippen LogP contribution in [0.1, 0.15) is 73.4 Å². The molecule has 2 aromatic rings. The van der Waals surface area contributed by atoms with E-state index in [-0.39, 0.29) is 5.91 Å². The lowest BCUT2D eigenvalue weighted by atomic mass is 9.84. The fourth-order valence-electron chi connectivity index (χ4n) is 3.57. The van der Waals surface area contributed by atoms with Crippen molar-refractivity contribution in [2.24, 2.45) is 5.10 Å². The maximum atomic E-state index is 12.3. The first-order valence-electron chi connectivity index (χ1n) is 9.85. The monoisotopic (exact) mass is 364 g/mol. The second-order valence-corrected chi connectivity index (χ2v) is 7.05. The molecule has 4 nitrogen and oxygen atoms in total. The Labute approximate surface area is 161 Å². The highest BCUT2D eigenvalue weighted by molar-refractivity contribution is 6.00. The van der Waals surface area contributed by atoms with Gasteiger partial charge >= 0.3 is 0 Å². The zero-order valence-electron chi connectivity index (χ0n) is 16.2. The van der Waals surface area contributed by atoms with Crippen LogP contribution in [0.25, 0.3) is 0 Å². The molecule has 4 heteroatoms. The van der Waals surface area contributed by atoms with Gasteiger partial charge in [0, 0.05) is 5.56 Å². The predicted octanol–water partition coefficient (Wildman–Crippen LogP) is 5.29. The highest BCUT2D eigenvalue weighted by Crippen LogP contribution is 2.32. The van der Waals surface area contributed by atoms with Gasteiger partial charge in [-0.2, -0.15) is 5.10 Å². The quantitative estimate of drug-likeness (QED) is 0.559. The molecule has 0 aromatic heterocycles. The molecule has 0 unspecified atom stereocenters. The molecule has 0 radical (unpaired) electrons. The van der Waals surface area contributed by atoms with Crippen molar-refractivity contribution in [1.82, 2.24) is 5.43 Å². The van der Waals surface area contributed by atoms with Gasteiger partial charge in [-0.25, -0.2) is 5.43 Å². The minimum atomic E-state index is -0.226. The molecule has 0 saturated heterocycles. The smallest absolute Gasteiger partial charge is 0.271 e. The van der Waals surface area contributed by atoms with E-state index in [1.807, 2.05) is 13.8 Å². The van der Waals surface area contributed by atoms with E-state index in [0.717, 1.165) is 17.0 Å². The summed E-state index contributed by atoms with van der Waals surface area (Å²) < 4.78 is 5.39. The molecule has 0 aliphatic heterocycles. The van der Waals surface area contributed by atoms with Crippen LogP contribution in [-0.2, 0) is 0 Å². The summed E-state index contributed by atoms with van der Waals surface area (Å²) in [4.78, 5) is 12.3. The molecule has 0 spiro atoms. The Morgan fingerprint density at radius 3 is 2.26 bits per heavy atom. The third-order valence-corrected chi connectivity index (χ3v) is 5.16. The van der Waals surface area contributed by atoms with Gasteiger partial charge < -0.3 is 4.74 Å². The van der Waals surface area contributed by atoms with Crippen molar-refractivity contribution in [3.05, 3.63) is 65.2 Å². The van der Waals surface area contributed by atoms with E-state index < -0.39 is 0 Å². The van der Waals surface area contributed by atoms with Gasteiger partial charge in [0.15, 0.2) is 0 Å². The van der Waals surface area contributed by atoms with Crippen molar-refractivity contribution in [2.75, 3.05) is 6.61 Å². The second kappa shape index (κ2) is 9.36. The molecule has 2 aromatic carbocycles. The third-order valence-electron chi connectivity index (χ3n) is 5.16. The number of nitrogens with one attached hydrogen (secondary N) is 1. The molecule has 0 bridgehead atoms. The summed E-state index contributed by atoms with van der Waals surface area (Å²) in [6.45, 7) is 4.45. The van der Waals surface area contributed by atoms with E-state index in [0.29, 0.717) is 18.1 Å². The summed E-state index contributed by atoms with van der Waals surface area (Å²) >= 11 is 0. The zero-order valence-corrected chi connectivity index (χ0v) is 16.2. The molecular weight excluding hydrogens is 336 g/mol. The predicted molar refractivity (Wildman–Crippen MR) is 110 cm³/mol. The minimum Gasteiger partial charge on any atom is -0.494 e. The van der Waals surface area contributed by atoms with Crippen molar-refractivity contribution in [1.29, 1.82) is 0 Å². The fourth-order valence-corrected chi connectivity index (χ4v) is 3.57. The normalized spacial score (nSPS) is 15.4. The summed E-state index contributed by atoms with van der Waals surface area (Å²) in [6.07, 6.45) is 6.64. The molecule has 1 fully saturated rings. The number of ether oxygens (including phenoxy) is 1. The SMILES string of the molecule is CCOc1ccc(C(=O)NN=C(C)c2ccc(C3CCCCC3)cc2)cc1. The lowest BCUT2D eigenvalue weighted by Crippen LogP contribution is -2.19. The molecule has 27 heavy (non-hydrogen) atoms. The van der Waals surface area contributed by atoms with Crippen LogP contribution in [0.5, 0.6) is 5.75 Å². The largest absolute Gasteiger partial charge is 0.494 e. The van der Waals surface area contributed by atoms with Crippen LogP contribution in [0.15, 0.2) is 53.6 Å². The van der Waals surface area contributed by atoms with Gasteiger partial charge in [-0.1, -0.05) is 43.5 Å². The van der Waals surface area contributed by atoms with Crippen LogP contribution in [0, 0.1) is 0 Å². The van der Waals surface area contributed by atoms with Crippen molar-refractivity contribution < 1.29 is 9.53 Å². The van der Waals surface area contributed by atoms with Gasteiger partial charge in [-0.15, -0.1) is 0 Å². The maximum Gasteiger partial charge on any atom is 0.271 e. The molecule has 1 amide bonds. The standard InChI is InChI=1S/C23H28N2O2/c1-3-27-22-15-13-21(14-16-22)23(26)25-24-17(2)18-9-11-20(12-10-18)19-7-5-4-6-8-19/h9-16,19H,3-8H2,1-2H3,(H,25,26). The van der Waals surface area contributed by atoms with Gasteiger partial charge in [0.05, 0.1) is 12.3 Å². The number of hydrogen-bond acceptors (Lipinski definition) is 3. The lowest BCUT2D eigenvalue weighted by molar-refractivity contribution is 0.0955. The summed E-state index contributed by atoms with van der Waals surface area (Å²) in [5, 5.41) is 4.26. The van der Waals surface area contributed by atoms with Crippen molar-refractivity contribution in [3.8, 4) is 5.75 Å². The van der Waals surface area contributed by atoms with Crippen LogP contribution in [0.4, 0.5) is 0 Å². The summed E-state index contributed by atoms with van der Waals surface area (Å²) in [5.74, 6) is 1.23. The second-order valence-electron chi connectivity index (χ2n) is 7.05. The Morgan fingerprint density at radius 2 is 1.63 bits per heavy atom. The highest BCUT2D eigenvalue weighted by atomic mass is 16.5. The van der Waals surface area contributed by atoms with Crippen LogP contribution in [-0.4, -0.2) is 18.2 Å². The first-order chi connectivity index (χ1) is 13.2. The molecule has 0 heterocycles. The topological polar surface area (TPSA) is 50.7 Å². The van der Waals surface area contributed by atoms with Gasteiger partial charge in [0.1, 0.15) is 5.75 Å². The molecular formula is C23H28N2O2. The van der Waals surface area contributed by atoms with Crippen LogP contribution < -0.4 is 10.2 Å². The number of amides is 1. The number of benzene rings is 2. The van der Waals surface area contributed by atoms with Gasteiger partial charge in [-0.3, -0.25) is 4.79 Å². The Hall–Kier alpha value is -2.62. The Kier molecular flexibility index (Phi) is 6.64. The molecule has 0 atom stereocenters. The molecule has 1 saturated carbocycles. The van der Waals surface area contributed by atoms with Crippen molar-refractivity contribution in [3.63, 3.8) is 0 Å². The van der Waals surface area contributed by atoms with Crippen LogP contribution in [0.2, 0.25) is 0 Å². The van der Waals surface area contributed by atoms with Crippen molar-refractivity contribution in [2.45, 2.75) is 51.9 Å². The average Bonchev–Trinajstić information content (AvgIpc) is 2.73. The highest BCUT2D eigenvalue weighted by Gasteiger charge is 2.15. The van der Waals surface area contributed by atoms with E-state index in [1.165, 1.54) is 37.7 Å². The Morgan fingerprint density at radius 1 is 1.00 bits per heavy atom.